The van der Waals surface area contributed by atoms with Crippen LogP contribution in [0, 0.1) is 5.92 Å². The maximum absolute atomic E-state index is 12.8. The molecule has 0 aliphatic rings. The number of hydrogen-bond donors (Lipinski definition) is 2. The topological polar surface area (TPSA) is 58.6 Å². The first-order chi connectivity index (χ1) is 11.2. The number of nitrogens with one attached hydrogen (secondary N) is 1. The fourth-order valence-corrected chi connectivity index (χ4v) is 1.88. The molecule has 24 heavy (non-hydrogen) atoms. The zero-order valence-electron chi connectivity index (χ0n) is 14.3. The zero-order chi connectivity index (χ0) is 18.3. The van der Waals surface area contributed by atoms with Gasteiger partial charge in [-0.15, -0.1) is 0 Å². The second-order valence-corrected chi connectivity index (χ2v) is 7.29. The summed E-state index contributed by atoms with van der Waals surface area (Å²) in [4.78, 5) is 10.7. The van der Waals surface area contributed by atoms with E-state index in [2.05, 4.69) is 18.5 Å². The summed E-state index contributed by atoms with van der Waals surface area (Å²) in [6.07, 6.45) is 0.606. The number of benzene rings is 1. The maximum atomic E-state index is 12.8. The Kier molecular flexibility index (Phi) is 7.35. The van der Waals surface area contributed by atoms with Crippen LogP contribution < -0.4 is 5.32 Å². The third-order valence-corrected chi connectivity index (χ3v) is 4.32. The molecule has 6 heteroatoms. The molecular formula is C18H24FNO3S. The van der Waals surface area contributed by atoms with Gasteiger partial charge in [0.15, 0.2) is 6.29 Å². The summed E-state index contributed by atoms with van der Waals surface area (Å²) in [7, 11) is 0. The predicted octanol–water partition coefficient (Wildman–Crippen LogP) is 4.37. The number of ether oxygens (including phenoxy) is 1. The lowest BCUT2D eigenvalue weighted by Crippen LogP contribution is -2.24. The molecule has 4 nitrogen and oxygen atoms in total. The number of aromatic hydroxyl groups is 1. The summed E-state index contributed by atoms with van der Waals surface area (Å²) in [5.41, 5.74) is 1.84. The van der Waals surface area contributed by atoms with Crippen LogP contribution in [0.25, 0.3) is 0 Å². The SMILES string of the molecule is C=C(NCc1ccc(C=O)c(O)c1)C(C)COC(=C)C(C)(C)SF. The molecule has 2 N–H and O–H groups in total. The van der Waals surface area contributed by atoms with Crippen LogP contribution in [0.1, 0.15) is 36.7 Å². The van der Waals surface area contributed by atoms with Gasteiger partial charge in [-0.3, -0.25) is 4.79 Å². The molecule has 1 aromatic carbocycles. The van der Waals surface area contributed by atoms with Crippen molar-refractivity contribution >= 4 is 18.4 Å². The molecule has 1 unspecified atom stereocenters. The molecule has 132 valence electrons. The van der Waals surface area contributed by atoms with E-state index in [1.54, 1.807) is 26.0 Å². The van der Waals surface area contributed by atoms with E-state index in [0.29, 0.717) is 25.2 Å². The van der Waals surface area contributed by atoms with E-state index < -0.39 is 4.75 Å². The van der Waals surface area contributed by atoms with E-state index in [4.69, 9.17) is 4.74 Å². The minimum Gasteiger partial charge on any atom is -0.507 e. The monoisotopic (exact) mass is 353 g/mol. The van der Waals surface area contributed by atoms with Gasteiger partial charge in [-0.1, -0.05) is 26.1 Å². The highest BCUT2D eigenvalue weighted by Crippen LogP contribution is 2.32. The normalized spacial score (nSPS) is 12.3. The van der Waals surface area contributed by atoms with Gasteiger partial charge < -0.3 is 15.2 Å². The van der Waals surface area contributed by atoms with E-state index in [-0.39, 0.29) is 29.4 Å². The number of carbonyl (C=O) groups is 1. The standard InChI is InChI=1S/C18H24FNO3S/c1-12(11-23-14(3)18(4,5)24-19)13(2)20-9-15-6-7-16(10-21)17(22)8-15/h6-8,10,12,20,22H,2-3,9,11H2,1,4-5H3. The van der Waals surface area contributed by atoms with Crippen LogP contribution in [0.2, 0.25) is 0 Å². The van der Waals surface area contributed by atoms with Crippen molar-refractivity contribution < 1.29 is 18.5 Å². The number of hydrogen-bond acceptors (Lipinski definition) is 5. The molecule has 0 saturated carbocycles. The smallest absolute Gasteiger partial charge is 0.153 e. The summed E-state index contributed by atoms with van der Waals surface area (Å²) in [6, 6.07) is 4.86. The lowest BCUT2D eigenvalue weighted by atomic mass is 10.1. The fraction of sp³-hybridized carbons (Fsp3) is 0.389. The first kappa shape index (κ1) is 20.1. The quantitative estimate of drug-likeness (QED) is 0.483. The molecule has 0 aliphatic carbocycles. The average Bonchev–Trinajstić information content (AvgIpc) is 2.57. The van der Waals surface area contributed by atoms with Crippen LogP contribution >= 0.6 is 12.1 Å². The Morgan fingerprint density at radius 2 is 2.17 bits per heavy atom. The van der Waals surface area contributed by atoms with Crippen molar-refractivity contribution in [1.29, 1.82) is 0 Å². The number of rotatable bonds is 10. The minimum absolute atomic E-state index is 0.00925. The van der Waals surface area contributed by atoms with Crippen molar-refractivity contribution in [3.8, 4) is 5.75 Å². The van der Waals surface area contributed by atoms with Gasteiger partial charge in [-0.2, -0.15) is 3.89 Å². The van der Waals surface area contributed by atoms with Gasteiger partial charge in [0.25, 0.3) is 0 Å². The van der Waals surface area contributed by atoms with E-state index >= 15 is 0 Å². The van der Waals surface area contributed by atoms with Crippen LogP contribution in [-0.2, 0) is 11.3 Å². The molecule has 0 radical (unpaired) electrons. The van der Waals surface area contributed by atoms with Gasteiger partial charge in [0.2, 0.25) is 0 Å². The zero-order valence-corrected chi connectivity index (χ0v) is 15.1. The number of phenols is 1. The summed E-state index contributed by atoms with van der Waals surface area (Å²) in [6.45, 7) is 13.9. The van der Waals surface area contributed by atoms with Crippen LogP contribution in [0.3, 0.4) is 0 Å². The van der Waals surface area contributed by atoms with Crippen molar-refractivity contribution in [3.05, 3.63) is 53.9 Å². The van der Waals surface area contributed by atoms with Crippen LogP contribution in [0.5, 0.6) is 5.75 Å². The summed E-state index contributed by atoms with van der Waals surface area (Å²) >= 11 is 0.196. The van der Waals surface area contributed by atoms with Gasteiger partial charge in [-0.25, -0.2) is 0 Å². The number of aldehydes is 1. The van der Waals surface area contributed by atoms with Gasteiger partial charge >= 0.3 is 0 Å². The van der Waals surface area contributed by atoms with Crippen LogP contribution in [0.4, 0.5) is 3.89 Å². The fourth-order valence-electron chi connectivity index (χ4n) is 1.73. The Morgan fingerprint density at radius 3 is 2.71 bits per heavy atom. The molecular weight excluding hydrogens is 329 g/mol. The van der Waals surface area contributed by atoms with Gasteiger partial charge in [-0.05, 0) is 31.5 Å². The average molecular weight is 353 g/mol. The molecule has 0 spiro atoms. The van der Waals surface area contributed by atoms with Crippen molar-refractivity contribution in [3.63, 3.8) is 0 Å². The second-order valence-electron chi connectivity index (χ2n) is 6.11. The minimum atomic E-state index is -0.785. The van der Waals surface area contributed by atoms with E-state index in [1.807, 2.05) is 6.92 Å². The Labute approximate surface area is 147 Å². The number of phenolic OH excluding ortho intramolecular Hbond substituents is 1. The third-order valence-electron chi connectivity index (χ3n) is 3.71. The third kappa shape index (κ3) is 5.60. The van der Waals surface area contributed by atoms with Gasteiger partial charge in [0.05, 0.1) is 29.1 Å². The molecule has 1 atom stereocenters. The van der Waals surface area contributed by atoms with Crippen molar-refractivity contribution in [2.75, 3.05) is 6.61 Å². The number of carbonyl (C=O) groups excluding carboxylic acids is 1. The first-order valence-corrected chi connectivity index (χ1v) is 8.24. The first-order valence-electron chi connectivity index (χ1n) is 7.53. The molecule has 1 aromatic rings. The Hall–Kier alpha value is -1.95. The number of halogens is 1. The molecule has 0 amide bonds. The van der Waals surface area contributed by atoms with Crippen molar-refractivity contribution in [2.45, 2.75) is 32.1 Å². The highest BCUT2D eigenvalue weighted by molar-refractivity contribution is 7.95. The van der Waals surface area contributed by atoms with Gasteiger partial charge in [0.1, 0.15) is 11.5 Å². The predicted molar refractivity (Wildman–Crippen MR) is 96.5 cm³/mol. The molecule has 0 aliphatic heterocycles. The molecule has 0 aromatic heterocycles. The Morgan fingerprint density at radius 1 is 1.50 bits per heavy atom. The lowest BCUT2D eigenvalue weighted by Gasteiger charge is -2.24. The largest absolute Gasteiger partial charge is 0.507 e. The molecule has 1 rings (SSSR count). The van der Waals surface area contributed by atoms with Crippen molar-refractivity contribution in [1.82, 2.24) is 5.32 Å². The highest BCUT2D eigenvalue weighted by Gasteiger charge is 2.25. The highest BCUT2D eigenvalue weighted by atomic mass is 32.2. The van der Waals surface area contributed by atoms with E-state index in [0.717, 1.165) is 11.3 Å². The Balaban J connectivity index is 2.49. The molecule has 0 heterocycles. The second kappa shape index (κ2) is 8.78. The summed E-state index contributed by atoms with van der Waals surface area (Å²) < 4.78 is 17.6. The van der Waals surface area contributed by atoms with Gasteiger partial charge in [0, 0.05) is 18.2 Å². The molecule has 0 saturated heterocycles. The molecule has 0 fully saturated rings. The molecule has 0 bridgehead atoms. The summed E-state index contributed by atoms with van der Waals surface area (Å²) in [5, 5.41) is 12.8. The van der Waals surface area contributed by atoms with Crippen LogP contribution in [-0.4, -0.2) is 22.7 Å². The lowest BCUT2D eigenvalue weighted by molar-refractivity contribution is 0.112. The summed E-state index contributed by atoms with van der Waals surface area (Å²) in [5.74, 6) is 0.322. The van der Waals surface area contributed by atoms with Crippen molar-refractivity contribution in [2.24, 2.45) is 5.92 Å². The van der Waals surface area contributed by atoms with E-state index in [1.165, 1.54) is 6.07 Å². The maximum Gasteiger partial charge on any atom is 0.153 e. The van der Waals surface area contributed by atoms with Crippen LogP contribution in [0.15, 0.2) is 42.8 Å². The Bertz CT molecular complexity index is 616. The van der Waals surface area contributed by atoms with E-state index in [9.17, 15) is 13.8 Å².